The van der Waals surface area contributed by atoms with Crippen LogP contribution in [0.15, 0.2) is 217 Å². The number of hydrogen-bond donors (Lipinski definition) is 0. The molecule has 10 aromatic rings. The van der Waals surface area contributed by atoms with Gasteiger partial charge in [-0.1, -0.05) is 182 Å². The average Bonchev–Trinajstić information content (AvgIpc) is 3.66. The lowest BCUT2D eigenvalue weighted by molar-refractivity contribution is 0.670. The normalized spacial score (nSPS) is 11.3. The number of benzene rings is 9. The number of nitrogens with zero attached hydrogens (tertiary/aromatic N) is 1. The molecule has 9 aromatic carbocycles. The Balaban J connectivity index is 1.24. The number of fused-ring (bicyclic) bond motifs is 4. The molecule has 0 unspecified atom stereocenters. The Morgan fingerprint density at radius 2 is 0.778 bits per heavy atom. The third-order valence-electron chi connectivity index (χ3n) is 10.5. The van der Waals surface area contributed by atoms with Crippen molar-refractivity contribution in [1.82, 2.24) is 0 Å². The van der Waals surface area contributed by atoms with Crippen LogP contribution in [-0.4, -0.2) is 0 Å². The van der Waals surface area contributed by atoms with E-state index in [1.165, 1.54) is 38.6 Å². The molecule has 0 radical (unpaired) electrons. The summed E-state index contributed by atoms with van der Waals surface area (Å²) < 4.78 is 7.21. The highest BCUT2D eigenvalue weighted by atomic mass is 16.3. The first-order valence-electron chi connectivity index (χ1n) is 18.4. The zero-order valence-corrected chi connectivity index (χ0v) is 29.6. The van der Waals surface area contributed by atoms with Crippen LogP contribution in [0.1, 0.15) is 0 Å². The summed E-state index contributed by atoms with van der Waals surface area (Å²) in [5, 5.41) is 4.62. The standard InChI is InChI=1S/C52H35NO/c1-4-14-36(15-5-1)38-26-30-42(31-27-38)53(43-32-28-39(29-33-43)37-16-6-2-7-17-37)49-35-34-47(46-24-12-21-40-20-10-11-22-44(40)46)50-48-25-13-23-45(51(48)54-52(49)50)41-18-8-3-9-19-41/h1-35H. The first-order valence-corrected chi connectivity index (χ1v) is 18.4. The Labute approximate surface area is 314 Å². The Morgan fingerprint density at radius 3 is 1.41 bits per heavy atom. The molecule has 0 saturated carbocycles. The maximum atomic E-state index is 7.21. The molecule has 2 heteroatoms. The van der Waals surface area contributed by atoms with E-state index in [2.05, 4.69) is 217 Å². The fraction of sp³-hybridized carbons (Fsp3) is 0. The van der Waals surface area contributed by atoms with Gasteiger partial charge in [-0.15, -0.1) is 0 Å². The predicted octanol–water partition coefficient (Wildman–Crippen LogP) is 14.9. The molecule has 0 spiro atoms. The molecule has 10 rings (SSSR count). The van der Waals surface area contributed by atoms with E-state index in [-0.39, 0.29) is 0 Å². The minimum atomic E-state index is 0.845. The van der Waals surface area contributed by atoms with Crippen LogP contribution in [0.2, 0.25) is 0 Å². The van der Waals surface area contributed by atoms with Crippen LogP contribution >= 0.6 is 0 Å². The molecule has 54 heavy (non-hydrogen) atoms. The Kier molecular flexibility index (Phi) is 7.85. The maximum Gasteiger partial charge on any atom is 0.160 e. The molecule has 254 valence electrons. The second kappa shape index (κ2) is 13.4. The molecule has 1 aromatic heterocycles. The third-order valence-corrected chi connectivity index (χ3v) is 10.5. The first kappa shape index (κ1) is 31.6. The second-order valence-corrected chi connectivity index (χ2v) is 13.7. The van der Waals surface area contributed by atoms with Crippen LogP contribution in [0, 0.1) is 0 Å². The van der Waals surface area contributed by atoms with Gasteiger partial charge in [-0.2, -0.15) is 0 Å². The van der Waals surface area contributed by atoms with E-state index >= 15 is 0 Å². The summed E-state index contributed by atoms with van der Waals surface area (Å²) in [4.78, 5) is 2.34. The summed E-state index contributed by atoms with van der Waals surface area (Å²) in [5.74, 6) is 0. The highest BCUT2D eigenvalue weighted by Gasteiger charge is 2.24. The van der Waals surface area contributed by atoms with Crippen molar-refractivity contribution in [3.05, 3.63) is 212 Å². The summed E-state index contributed by atoms with van der Waals surface area (Å²) in [7, 11) is 0. The molecular weight excluding hydrogens is 655 g/mol. The van der Waals surface area contributed by atoms with Crippen LogP contribution < -0.4 is 4.90 Å². The van der Waals surface area contributed by atoms with Crippen molar-refractivity contribution in [2.24, 2.45) is 0 Å². The van der Waals surface area contributed by atoms with Crippen molar-refractivity contribution < 1.29 is 4.42 Å². The fourth-order valence-corrected chi connectivity index (χ4v) is 7.89. The molecule has 0 amide bonds. The minimum Gasteiger partial charge on any atom is -0.453 e. The Bertz CT molecular complexity index is 2800. The van der Waals surface area contributed by atoms with Gasteiger partial charge in [0.05, 0.1) is 5.69 Å². The van der Waals surface area contributed by atoms with Crippen molar-refractivity contribution in [1.29, 1.82) is 0 Å². The summed E-state index contributed by atoms with van der Waals surface area (Å²) in [5.41, 5.74) is 14.1. The van der Waals surface area contributed by atoms with Gasteiger partial charge in [0.25, 0.3) is 0 Å². The van der Waals surface area contributed by atoms with E-state index in [1.54, 1.807) is 0 Å². The molecule has 0 atom stereocenters. The second-order valence-electron chi connectivity index (χ2n) is 13.7. The molecule has 0 aliphatic rings. The highest BCUT2D eigenvalue weighted by molar-refractivity contribution is 6.20. The molecule has 1 heterocycles. The lowest BCUT2D eigenvalue weighted by Gasteiger charge is -2.26. The SMILES string of the molecule is c1ccc(-c2ccc(N(c3ccc(-c4ccccc4)cc3)c3ccc(-c4cccc5ccccc45)c4c3oc3c(-c5ccccc5)cccc34)cc2)cc1. The van der Waals surface area contributed by atoms with Crippen molar-refractivity contribution in [3.8, 4) is 44.5 Å². The largest absolute Gasteiger partial charge is 0.453 e. The summed E-state index contributed by atoms with van der Waals surface area (Å²) in [6.45, 7) is 0. The third kappa shape index (κ3) is 5.53. The zero-order valence-electron chi connectivity index (χ0n) is 29.6. The summed E-state index contributed by atoms with van der Waals surface area (Å²) in [6.07, 6.45) is 0. The molecule has 0 bridgehead atoms. The predicted molar refractivity (Wildman–Crippen MR) is 228 cm³/mol. The Hall–Kier alpha value is -7.16. The summed E-state index contributed by atoms with van der Waals surface area (Å²) in [6, 6.07) is 75.6. The van der Waals surface area contributed by atoms with Gasteiger partial charge in [-0.25, -0.2) is 0 Å². The first-order chi connectivity index (χ1) is 26.8. The van der Waals surface area contributed by atoms with Gasteiger partial charge in [0.1, 0.15) is 5.58 Å². The maximum absolute atomic E-state index is 7.21. The van der Waals surface area contributed by atoms with Gasteiger partial charge in [-0.3, -0.25) is 0 Å². The summed E-state index contributed by atoms with van der Waals surface area (Å²) >= 11 is 0. The van der Waals surface area contributed by atoms with Gasteiger partial charge in [-0.05, 0) is 80.0 Å². The number of furan rings is 1. The Morgan fingerprint density at radius 1 is 0.296 bits per heavy atom. The number of hydrogen-bond acceptors (Lipinski definition) is 2. The molecular formula is C52H35NO. The number of para-hydroxylation sites is 1. The lowest BCUT2D eigenvalue weighted by atomic mass is 9.93. The van der Waals surface area contributed by atoms with E-state index in [0.717, 1.165) is 55.7 Å². The quantitative estimate of drug-likeness (QED) is 0.166. The van der Waals surface area contributed by atoms with Crippen LogP contribution in [0.3, 0.4) is 0 Å². The number of rotatable bonds is 7. The highest BCUT2D eigenvalue weighted by Crippen LogP contribution is 2.48. The van der Waals surface area contributed by atoms with E-state index < -0.39 is 0 Å². The van der Waals surface area contributed by atoms with Gasteiger partial charge in [0.15, 0.2) is 5.58 Å². The molecule has 0 fully saturated rings. The van der Waals surface area contributed by atoms with Gasteiger partial charge >= 0.3 is 0 Å². The van der Waals surface area contributed by atoms with Crippen molar-refractivity contribution in [2.45, 2.75) is 0 Å². The lowest BCUT2D eigenvalue weighted by Crippen LogP contribution is -2.10. The van der Waals surface area contributed by atoms with Crippen LogP contribution in [0.4, 0.5) is 17.1 Å². The van der Waals surface area contributed by atoms with E-state index in [1.807, 2.05) is 0 Å². The molecule has 2 nitrogen and oxygen atoms in total. The molecule has 0 aliphatic heterocycles. The van der Waals surface area contributed by atoms with Crippen LogP contribution in [0.5, 0.6) is 0 Å². The van der Waals surface area contributed by atoms with E-state index in [4.69, 9.17) is 4.42 Å². The van der Waals surface area contributed by atoms with E-state index in [0.29, 0.717) is 0 Å². The van der Waals surface area contributed by atoms with Crippen LogP contribution in [-0.2, 0) is 0 Å². The number of anilines is 3. The molecule has 0 aliphatic carbocycles. The molecule has 0 saturated heterocycles. The van der Waals surface area contributed by atoms with Crippen LogP contribution in [0.25, 0.3) is 77.2 Å². The zero-order chi connectivity index (χ0) is 35.8. The van der Waals surface area contributed by atoms with Gasteiger partial charge in [0, 0.05) is 27.7 Å². The average molecular weight is 690 g/mol. The minimum absolute atomic E-state index is 0.845. The molecule has 0 N–H and O–H groups in total. The van der Waals surface area contributed by atoms with Crippen molar-refractivity contribution >= 4 is 49.8 Å². The van der Waals surface area contributed by atoms with Gasteiger partial charge in [0.2, 0.25) is 0 Å². The topological polar surface area (TPSA) is 16.4 Å². The smallest absolute Gasteiger partial charge is 0.160 e. The van der Waals surface area contributed by atoms with Crippen molar-refractivity contribution in [2.75, 3.05) is 4.90 Å². The van der Waals surface area contributed by atoms with Gasteiger partial charge < -0.3 is 9.32 Å². The van der Waals surface area contributed by atoms with Crippen molar-refractivity contribution in [3.63, 3.8) is 0 Å². The van der Waals surface area contributed by atoms with E-state index in [9.17, 15) is 0 Å². The fourth-order valence-electron chi connectivity index (χ4n) is 7.89. The monoisotopic (exact) mass is 689 g/mol.